The lowest BCUT2D eigenvalue weighted by Gasteiger charge is -2.11. The Morgan fingerprint density at radius 2 is 1.71 bits per heavy atom. The van der Waals surface area contributed by atoms with Gasteiger partial charge in [0, 0.05) is 22.6 Å². The van der Waals surface area contributed by atoms with Gasteiger partial charge in [-0.3, -0.25) is 9.59 Å². The van der Waals surface area contributed by atoms with Crippen molar-refractivity contribution in [3.8, 4) is 0 Å². The van der Waals surface area contributed by atoms with Gasteiger partial charge in [0.15, 0.2) is 5.78 Å². The SMILES string of the molecule is Cc1c(CCCCCC(=O)O)cccc1C(=O)c1ccc(Cl)cc1. The molecule has 0 heterocycles. The highest BCUT2D eigenvalue weighted by Crippen LogP contribution is 2.21. The Hall–Kier alpha value is -2.13. The largest absolute Gasteiger partial charge is 0.481 e. The molecule has 0 radical (unpaired) electrons. The predicted octanol–water partition coefficient (Wildman–Crippen LogP) is 5.07. The fourth-order valence-corrected chi connectivity index (χ4v) is 2.85. The second kappa shape index (κ2) is 8.65. The fraction of sp³-hybridized carbons (Fsp3) is 0.300. The van der Waals surface area contributed by atoms with Gasteiger partial charge in [-0.1, -0.05) is 36.2 Å². The van der Waals surface area contributed by atoms with Gasteiger partial charge in [-0.15, -0.1) is 0 Å². The number of carboxylic acids is 1. The average molecular weight is 345 g/mol. The quantitative estimate of drug-likeness (QED) is 0.537. The summed E-state index contributed by atoms with van der Waals surface area (Å²) in [6, 6.07) is 12.7. The summed E-state index contributed by atoms with van der Waals surface area (Å²) >= 11 is 5.87. The first-order valence-electron chi connectivity index (χ1n) is 8.09. The second-order valence-corrected chi connectivity index (χ2v) is 6.32. The standard InChI is InChI=1S/C20H21ClO3/c1-14-15(6-3-2-4-9-19(22)23)7-5-8-18(14)20(24)16-10-12-17(21)13-11-16/h5,7-8,10-13H,2-4,6,9H2,1H3,(H,22,23). The van der Waals surface area contributed by atoms with Crippen LogP contribution in [-0.4, -0.2) is 16.9 Å². The van der Waals surface area contributed by atoms with Crippen LogP contribution in [0.5, 0.6) is 0 Å². The Morgan fingerprint density at radius 1 is 1.00 bits per heavy atom. The van der Waals surface area contributed by atoms with Gasteiger partial charge in [-0.05, 0) is 61.6 Å². The van der Waals surface area contributed by atoms with Gasteiger partial charge in [0.2, 0.25) is 0 Å². The van der Waals surface area contributed by atoms with Crippen LogP contribution in [0.1, 0.15) is 52.7 Å². The molecule has 0 saturated carbocycles. The van der Waals surface area contributed by atoms with Crippen molar-refractivity contribution in [2.24, 2.45) is 0 Å². The second-order valence-electron chi connectivity index (χ2n) is 5.88. The molecule has 0 aromatic heterocycles. The van der Waals surface area contributed by atoms with Gasteiger partial charge in [0.25, 0.3) is 0 Å². The number of halogens is 1. The van der Waals surface area contributed by atoms with Crippen molar-refractivity contribution in [3.63, 3.8) is 0 Å². The van der Waals surface area contributed by atoms with Crippen molar-refractivity contribution in [1.29, 1.82) is 0 Å². The Kier molecular flexibility index (Phi) is 6.56. The van der Waals surface area contributed by atoms with Crippen LogP contribution >= 0.6 is 11.6 Å². The molecule has 0 saturated heterocycles. The molecule has 0 atom stereocenters. The number of rotatable bonds is 8. The number of unbranched alkanes of at least 4 members (excludes halogenated alkanes) is 2. The molecular weight excluding hydrogens is 324 g/mol. The molecule has 0 fully saturated rings. The molecule has 1 N–H and O–H groups in total. The van der Waals surface area contributed by atoms with Crippen molar-refractivity contribution in [3.05, 3.63) is 69.7 Å². The molecule has 0 unspecified atom stereocenters. The van der Waals surface area contributed by atoms with Crippen LogP contribution < -0.4 is 0 Å². The molecule has 0 aliphatic heterocycles. The maximum Gasteiger partial charge on any atom is 0.303 e. The maximum absolute atomic E-state index is 12.7. The van der Waals surface area contributed by atoms with E-state index in [9.17, 15) is 9.59 Å². The number of hydrogen-bond acceptors (Lipinski definition) is 2. The molecule has 4 heteroatoms. The Bertz CT molecular complexity index is 720. The molecule has 0 aliphatic carbocycles. The lowest BCUT2D eigenvalue weighted by molar-refractivity contribution is -0.137. The third-order valence-corrected chi connectivity index (χ3v) is 4.39. The molecule has 2 rings (SSSR count). The van der Waals surface area contributed by atoms with Gasteiger partial charge in [0.1, 0.15) is 0 Å². The Balaban J connectivity index is 2.05. The molecule has 2 aromatic carbocycles. The third kappa shape index (κ3) is 4.93. The Labute approximate surface area is 147 Å². The molecule has 0 aliphatic rings. The van der Waals surface area contributed by atoms with E-state index in [1.54, 1.807) is 24.3 Å². The molecular formula is C20H21ClO3. The molecule has 24 heavy (non-hydrogen) atoms. The highest BCUT2D eigenvalue weighted by Gasteiger charge is 2.13. The van der Waals surface area contributed by atoms with E-state index in [1.165, 1.54) is 0 Å². The number of aliphatic carboxylic acids is 1. The van der Waals surface area contributed by atoms with E-state index in [1.807, 2.05) is 25.1 Å². The predicted molar refractivity (Wildman–Crippen MR) is 95.9 cm³/mol. The summed E-state index contributed by atoms with van der Waals surface area (Å²) in [6.45, 7) is 1.97. The topological polar surface area (TPSA) is 54.4 Å². The van der Waals surface area contributed by atoms with Gasteiger partial charge in [0.05, 0.1) is 0 Å². The van der Waals surface area contributed by atoms with Gasteiger partial charge >= 0.3 is 5.97 Å². The molecule has 3 nitrogen and oxygen atoms in total. The summed E-state index contributed by atoms with van der Waals surface area (Å²) in [6.07, 6.45) is 3.56. The van der Waals surface area contributed by atoms with Crippen LogP contribution in [0.4, 0.5) is 0 Å². The minimum Gasteiger partial charge on any atom is -0.481 e. The zero-order valence-corrected chi connectivity index (χ0v) is 14.5. The lowest BCUT2D eigenvalue weighted by atomic mass is 9.93. The smallest absolute Gasteiger partial charge is 0.303 e. The first-order valence-corrected chi connectivity index (χ1v) is 8.47. The molecule has 2 aromatic rings. The zero-order chi connectivity index (χ0) is 17.5. The monoisotopic (exact) mass is 344 g/mol. The van der Waals surface area contributed by atoms with E-state index in [4.69, 9.17) is 16.7 Å². The first kappa shape index (κ1) is 18.2. The third-order valence-electron chi connectivity index (χ3n) is 4.13. The zero-order valence-electron chi connectivity index (χ0n) is 13.7. The minimum atomic E-state index is -0.748. The van der Waals surface area contributed by atoms with Crippen LogP contribution in [0.25, 0.3) is 0 Å². The number of carbonyl (C=O) groups excluding carboxylic acids is 1. The van der Waals surface area contributed by atoms with Crippen LogP contribution in [0, 0.1) is 6.92 Å². The van der Waals surface area contributed by atoms with E-state index < -0.39 is 5.97 Å². The minimum absolute atomic E-state index is 0.00288. The van der Waals surface area contributed by atoms with Crippen LogP contribution in [0.15, 0.2) is 42.5 Å². The van der Waals surface area contributed by atoms with Crippen molar-refractivity contribution >= 4 is 23.4 Å². The molecule has 0 amide bonds. The number of hydrogen-bond donors (Lipinski definition) is 1. The maximum atomic E-state index is 12.7. The van der Waals surface area contributed by atoms with Crippen LogP contribution in [0.3, 0.4) is 0 Å². The molecule has 0 bridgehead atoms. The number of carbonyl (C=O) groups is 2. The molecule has 126 valence electrons. The Morgan fingerprint density at radius 3 is 2.38 bits per heavy atom. The van der Waals surface area contributed by atoms with Gasteiger partial charge in [-0.2, -0.15) is 0 Å². The van der Waals surface area contributed by atoms with E-state index >= 15 is 0 Å². The molecule has 0 spiro atoms. The summed E-state index contributed by atoms with van der Waals surface area (Å²) in [5.74, 6) is -0.751. The summed E-state index contributed by atoms with van der Waals surface area (Å²) in [5, 5.41) is 9.26. The van der Waals surface area contributed by atoms with Crippen LogP contribution in [0.2, 0.25) is 5.02 Å². The van der Waals surface area contributed by atoms with Crippen molar-refractivity contribution < 1.29 is 14.7 Å². The lowest BCUT2D eigenvalue weighted by Crippen LogP contribution is -2.06. The summed E-state index contributed by atoms with van der Waals surface area (Å²) in [5.41, 5.74) is 3.47. The van der Waals surface area contributed by atoms with Crippen molar-refractivity contribution in [2.45, 2.75) is 39.0 Å². The number of benzene rings is 2. The van der Waals surface area contributed by atoms with Crippen LogP contribution in [-0.2, 0) is 11.2 Å². The van der Waals surface area contributed by atoms with Gasteiger partial charge < -0.3 is 5.11 Å². The van der Waals surface area contributed by atoms with Crippen molar-refractivity contribution in [2.75, 3.05) is 0 Å². The summed E-state index contributed by atoms with van der Waals surface area (Å²) in [4.78, 5) is 23.2. The number of aryl methyl sites for hydroxylation is 1. The average Bonchev–Trinajstić information content (AvgIpc) is 2.56. The van der Waals surface area contributed by atoms with E-state index in [2.05, 4.69) is 0 Å². The summed E-state index contributed by atoms with van der Waals surface area (Å²) in [7, 11) is 0. The number of carboxylic acid groups (broad SMARTS) is 1. The number of ketones is 1. The van der Waals surface area contributed by atoms with E-state index in [-0.39, 0.29) is 12.2 Å². The van der Waals surface area contributed by atoms with E-state index in [0.29, 0.717) is 22.6 Å². The van der Waals surface area contributed by atoms with Crippen molar-refractivity contribution in [1.82, 2.24) is 0 Å². The highest BCUT2D eigenvalue weighted by molar-refractivity contribution is 6.30. The first-order chi connectivity index (χ1) is 11.5. The van der Waals surface area contributed by atoms with Gasteiger partial charge in [-0.25, -0.2) is 0 Å². The normalized spacial score (nSPS) is 10.6. The fourth-order valence-electron chi connectivity index (χ4n) is 2.73. The summed E-state index contributed by atoms with van der Waals surface area (Å²) < 4.78 is 0. The highest BCUT2D eigenvalue weighted by atomic mass is 35.5. The van der Waals surface area contributed by atoms with E-state index in [0.717, 1.165) is 30.4 Å².